The number of nitro benzene ring substituents is 1. The molecule has 0 heterocycles. The van der Waals surface area contributed by atoms with Crippen LogP contribution in [0.25, 0.3) is 0 Å². The maximum atomic E-state index is 12.7. The minimum atomic E-state index is -4.44. The number of alkyl halides is 3. The lowest BCUT2D eigenvalue weighted by atomic mass is 10.2. The molecule has 0 aromatic heterocycles. The number of carbonyl (C=O) groups is 1. The van der Waals surface area contributed by atoms with Gasteiger partial charge in [0.15, 0.2) is 0 Å². The molecule has 5 nitrogen and oxygen atoms in total. The van der Waals surface area contributed by atoms with Gasteiger partial charge in [0.25, 0.3) is 5.69 Å². The summed E-state index contributed by atoms with van der Waals surface area (Å²) in [4.78, 5) is 22.4. The van der Waals surface area contributed by atoms with Crippen molar-refractivity contribution in [3.05, 3.63) is 63.7 Å². The first-order chi connectivity index (χ1) is 11.7. The summed E-state index contributed by atoms with van der Waals surface area (Å²) in [6.45, 7) is 1.61. The molecule has 132 valence electrons. The van der Waals surface area contributed by atoms with Crippen LogP contribution in [0.1, 0.15) is 11.1 Å². The first-order valence-corrected chi connectivity index (χ1v) is 8.00. The Balaban J connectivity index is 1.99. The number of halogens is 3. The van der Waals surface area contributed by atoms with E-state index in [0.29, 0.717) is 16.1 Å². The van der Waals surface area contributed by atoms with E-state index < -0.39 is 22.6 Å². The molecule has 0 saturated heterocycles. The van der Waals surface area contributed by atoms with Crippen molar-refractivity contribution in [3.8, 4) is 0 Å². The van der Waals surface area contributed by atoms with Crippen molar-refractivity contribution in [2.75, 3.05) is 11.1 Å². The van der Waals surface area contributed by atoms with Crippen LogP contribution in [0.5, 0.6) is 0 Å². The van der Waals surface area contributed by atoms with Crippen LogP contribution in [0.15, 0.2) is 47.4 Å². The lowest BCUT2D eigenvalue weighted by molar-refractivity contribution is -0.384. The number of hydrogen-bond acceptors (Lipinski definition) is 4. The molecule has 0 saturated carbocycles. The van der Waals surface area contributed by atoms with Crippen LogP contribution in [0, 0.1) is 17.0 Å². The summed E-state index contributed by atoms with van der Waals surface area (Å²) in [7, 11) is 0. The Hall–Kier alpha value is -2.55. The fraction of sp³-hybridized carbons (Fsp3) is 0.188. The zero-order valence-electron chi connectivity index (χ0n) is 13.0. The molecular weight excluding hydrogens is 357 g/mol. The van der Waals surface area contributed by atoms with Gasteiger partial charge in [0.1, 0.15) is 0 Å². The maximum absolute atomic E-state index is 12.7. The number of benzene rings is 2. The average Bonchev–Trinajstić information content (AvgIpc) is 2.54. The van der Waals surface area contributed by atoms with E-state index in [9.17, 15) is 28.1 Å². The van der Waals surface area contributed by atoms with Crippen LogP contribution in [0.2, 0.25) is 0 Å². The number of nitro groups is 1. The predicted octanol–water partition coefficient (Wildman–Crippen LogP) is 4.65. The second kappa shape index (κ2) is 7.56. The molecule has 0 radical (unpaired) electrons. The molecular formula is C16H13F3N2O3S. The Morgan fingerprint density at radius 3 is 2.56 bits per heavy atom. The van der Waals surface area contributed by atoms with E-state index in [0.717, 1.165) is 23.9 Å². The highest BCUT2D eigenvalue weighted by Crippen LogP contribution is 2.32. The number of hydrogen-bond donors (Lipinski definition) is 1. The number of nitrogens with one attached hydrogen (secondary N) is 1. The van der Waals surface area contributed by atoms with E-state index in [1.807, 2.05) is 0 Å². The van der Waals surface area contributed by atoms with E-state index >= 15 is 0 Å². The number of aryl methyl sites for hydroxylation is 1. The monoisotopic (exact) mass is 370 g/mol. The topological polar surface area (TPSA) is 72.2 Å². The molecule has 9 heteroatoms. The van der Waals surface area contributed by atoms with Gasteiger partial charge in [-0.05, 0) is 36.8 Å². The maximum Gasteiger partial charge on any atom is 0.416 e. The van der Waals surface area contributed by atoms with Crippen LogP contribution in [0.3, 0.4) is 0 Å². The predicted molar refractivity (Wildman–Crippen MR) is 88.6 cm³/mol. The van der Waals surface area contributed by atoms with Gasteiger partial charge in [-0.25, -0.2) is 0 Å². The van der Waals surface area contributed by atoms with Crippen molar-refractivity contribution < 1.29 is 22.9 Å². The molecule has 2 aromatic carbocycles. The van der Waals surface area contributed by atoms with Crippen LogP contribution in [0.4, 0.5) is 24.5 Å². The largest absolute Gasteiger partial charge is 0.416 e. The van der Waals surface area contributed by atoms with Gasteiger partial charge >= 0.3 is 6.18 Å². The second-order valence-electron chi connectivity index (χ2n) is 5.12. The summed E-state index contributed by atoms with van der Waals surface area (Å²) < 4.78 is 38.0. The molecule has 25 heavy (non-hydrogen) atoms. The zero-order chi connectivity index (χ0) is 18.6. The van der Waals surface area contributed by atoms with Gasteiger partial charge in [0.2, 0.25) is 5.91 Å². The van der Waals surface area contributed by atoms with Gasteiger partial charge in [0, 0.05) is 22.7 Å². The van der Waals surface area contributed by atoms with Crippen molar-refractivity contribution in [1.82, 2.24) is 0 Å². The molecule has 0 aliphatic heterocycles. The van der Waals surface area contributed by atoms with E-state index in [4.69, 9.17) is 0 Å². The molecule has 0 bridgehead atoms. The highest BCUT2D eigenvalue weighted by Gasteiger charge is 2.30. The molecule has 1 amide bonds. The molecule has 0 aliphatic rings. The normalized spacial score (nSPS) is 11.2. The number of anilines is 1. The first kappa shape index (κ1) is 18.8. The fourth-order valence-electron chi connectivity index (χ4n) is 2.00. The smallest absolute Gasteiger partial charge is 0.325 e. The van der Waals surface area contributed by atoms with E-state index in [1.165, 1.54) is 30.3 Å². The number of rotatable bonds is 5. The number of amides is 1. The van der Waals surface area contributed by atoms with Crippen LogP contribution >= 0.6 is 11.8 Å². The third kappa shape index (κ3) is 5.21. The van der Waals surface area contributed by atoms with Gasteiger partial charge in [-0.1, -0.05) is 6.07 Å². The van der Waals surface area contributed by atoms with Gasteiger partial charge in [0.05, 0.1) is 16.2 Å². The molecule has 0 aliphatic carbocycles. The molecule has 0 unspecified atom stereocenters. The van der Waals surface area contributed by atoms with Crippen molar-refractivity contribution in [2.24, 2.45) is 0 Å². The summed E-state index contributed by atoms with van der Waals surface area (Å²) >= 11 is 0.972. The molecule has 0 atom stereocenters. The quantitative estimate of drug-likeness (QED) is 0.472. The Morgan fingerprint density at radius 1 is 1.24 bits per heavy atom. The molecule has 1 N–H and O–H groups in total. The van der Waals surface area contributed by atoms with Crippen LogP contribution < -0.4 is 5.32 Å². The lowest BCUT2D eigenvalue weighted by Gasteiger charge is -2.10. The highest BCUT2D eigenvalue weighted by molar-refractivity contribution is 8.00. The Bertz CT molecular complexity index is 809. The first-order valence-electron chi connectivity index (χ1n) is 7.02. The zero-order valence-corrected chi connectivity index (χ0v) is 13.8. The summed E-state index contributed by atoms with van der Waals surface area (Å²) in [5.74, 6) is -0.503. The van der Waals surface area contributed by atoms with Crippen molar-refractivity contribution in [2.45, 2.75) is 18.0 Å². The SMILES string of the molecule is Cc1cc([N+](=O)[O-])ccc1NC(=O)CSc1cccc(C(F)(F)F)c1. The average molecular weight is 370 g/mol. The number of non-ortho nitro benzene ring substituents is 1. The minimum Gasteiger partial charge on any atom is -0.325 e. The third-order valence-electron chi connectivity index (χ3n) is 3.23. The van der Waals surface area contributed by atoms with Crippen molar-refractivity contribution >= 4 is 29.0 Å². The molecule has 2 rings (SSSR count). The van der Waals surface area contributed by atoms with Crippen LogP contribution in [-0.4, -0.2) is 16.6 Å². The summed E-state index contributed by atoms with van der Waals surface area (Å²) in [6, 6.07) is 8.73. The van der Waals surface area contributed by atoms with Crippen molar-refractivity contribution in [1.29, 1.82) is 0 Å². The van der Waals surface area contributed by atoms with E-state index in [1.54, 1.807) is 6.92 Å². The third-order valence-corrected chi connectivity index (χ3v) is 4.22. The van der Waals surface area contributed by atoms with Gasteiger partial charge < -0.3 is 5.32 Å². The number of carbonyl (C=O) groups excluding carboxylic acids is 1. The summed E-state index contributed by atoms with van der Waals surface area (Å²) in [6.07, 6.45) is -4.44. The van der Waals surface area contributed by atoms with E-state index in [2.05, 4.69) is 5.32 Å². The fourth-order valence-corrected chi connectivity index (χ4v) is 2.75. The standard InChI is InChI=1S/C16H13F3N2O3S/c1-10-7-12(21(23)24)5-6-14(10)20-15(22)9-25-13-4-2-3-11(8-13)16(17,18)19/h2-8H,9H2,1H3,(H,20,22). The molecule has 2 aromatic rings. The highest BCUT2D eigenvalue weighted by atomic mass is 32.2. The lowest BCUT2D eigenvalue weighted by Crippen LogP contribution is -2.15. The summed E-state index contributed by atoms with van der Waals surface area (Å²) in [5.41, 5.74) is 0.0739. The van der Waals surface area contributed by atoms with Gasteiger partial charge in [-0.15, -0.1) is 11.8 Å². The summed E-state index contributed by atoms with van der Waals surface area (Å²) in [5, 5.41) is 13.3. The Labute approximate surface area is 145 Å². The van der Waals surface area contributed by atoms with Gasteiger partial charge in [-0.3, -0.25) is 14.9 Å². The number of nitrogens with zero attached hydrogens (tertiary/aromatic N) is 1. The van der Waals surface area contributed by atoms with E-state index in [-0.39, 0.29) is 11.4 Å². The van der Waals surface area contributed by atoms with Crippen LogP contribution in [-0.2, 0) is 11.0 Å². The number of thioether (sulfide) groups is 1. The van der Waals surface area contributed by atoms with Gasteiger partial charge in [-0.2, -0.15) is 13.2 Å². The molecule has 0 spiro atoms. The Kier molecular flexibility index (Phi) is 5.68. The second-order valence-corrected chi connectivity index (χ2v) is 6.17. The Morgan fingerprint density at radius 2 is 1.96 bits per heavy atom. The van der Waals surface area contributed by atoms with Crippen molar-refractivity contribution in [3.63, 3.8) is 0 Å². The molecule has 0 fully saturated rings. The minimum absolute atomic E-state index is 0.0856.